The lowest BCUT2D eigenvalue weighted by molar-refractivity contribution is -0.870. The number of unbranched alkanes of at least 4 members (excludes halogenated alkanes) is 22. The summed E-state index contributed by atoms with van der Waals surface area (Å²) >= 11 is 0. The van der Waals surface area contributed by atoms with E-state index in [-0.39, 0.29) is 26.1 Å². The van der Waals surface area contributed by atoms with Gasteiger partial charge in [0.15, 0.2) is 6.10 Å². The molecule has 0 spiro atoms. The van der Waals surface area contributed by atoms with Crippen molar-refractivity contribution in [1.82, 2.24) is 0 Å². The van der Waals surface area contributed by atoms with E-state index in [0.29, 0.717) is 36.7 Å². The van der Waals surface area contributed by atoms with E-state index in [1.54, 1.807) is 0 Å². The number of allylic oxidation sites excluding steroid dienone is 3. The molecule has 0 rings (SSSR count). The number of carbonyl (C=O) groups is 2. The van der Waals surface area contributed by atoms with Crippen molar-refractivity contribution in [1.29, 1.82) is 0 Å². The van der Waals surface area contributed by atoms with Crippen LogP contribution in [0.4, 0.5) is 0 Å². The number of hydrogen-bond donors (Lipinski definition) is 3. The van der Waals surface area contributed by atoms with Gasteiger partial charge in [-0.2, -0.15) is 0 Å². The third kappa shape index (κ3) is 41.7. The summed E-state index contributed by atoms with van der Waals surface area (Å²) in [6.45, 7) is 4.19. The number of ether oxygens (including phenoxy) is 2. The lowest BCUT2D eigenvalue weighted by atomic mass is 10.0. The molecule has 0 heterocycles. The van der Waals surface area contributed by atoms with Crippen LogP contribution >= 0.6 is 7.82 Å². The van der Waals surface area contributed by atoms with Crippen molar-refractivity contribution in [2.45, 2.75) is 225 Å². The topological polar surface area (TPSA) is 149 Å². The smallest absolute Gasteiger partial charge is 0.462 e. The Balaban J connectivity index is 4.39. The van der Waals surface area contributed by atoms with Crippen LogP contribution in [0, 0.1) is 0 Å². The number of rotatable bonds is 44. The van der Waals surface area contributed by atoms with E-state index in [2.05, 4.69) is 32.1 Å². The third-order valence-corrected chi connectivity index (χ3v) is 11.6. The van der Waals surface area contributed by atoms with E-state index in [1.807, 2.05) is 27.2 Å². The van der Waals surface area contributed by atoms with Gasteiger partial charge in [-0.15, -0.1) is 0 Å². The second-order valence-electron chi connectivity index (χ2n) is 17.8. The van der Waals surface area contributed by atoms with Gasteiger partial charge in [-0.3, -0.25) is 18.6 Å². The SMILES string of the molecule is CCCCC/C=C\C[C@H](O)[C@@H](O)CCCCCCCC(=O)O[C@H](COC(=O)CCCCCCCCCCC/C=C\CCCCCCCC)COP(=O)(O)OCC[N+](C)(C)C. The molecule has 0 aromatic carbocycles. The molecule has 0 saturated carbocycles. The predicted molar refractivity (Wildman–Crippen MR) is 246 cm³/mol. The van der Waals surface area contributed by atoms with Gasteiger partial charge >= 0.3 is 19.8 Å². The van der Waals surface area contributed by atoms with Gasteiger partial charge in [0.05, 0.1) is 40.0 Å². The molecule has 0 amide bonds. The highest BCUT2D eigenvalue weighted by molar-refractivity contribution is 7.47. The number of likely N-dealkylation sites (N-methyl/N-ethyl adjacent to an activating group) is 1. The molecule has 0 radical (unpaired) electrons. The minimum absolute atomic E-state index is 0.00402. The number of hydrogen-bond acceptors (Lipinski definition) is 9. The molecule has 0 fully saturated rings. The summed E-state index contributed by atoms with van der Waals surface area (Å²) in [5, 5.41) is 20.5. The van der Waals surface area contributed by atoms with Gasteiger partial charge in [0.2, 0.25) is 0 Å². The third-order valence-electron chi connectivity index (χ3n) is 10.7. The molecular formula is C48H93NO10P+. The summed E-state index contributed by atoms with van der Waals surface area (Å²) in [5.74, 6) is -0.907. The van der Waals surface area contributed by atoms with Crippen LogP contribution in [-0.4, -0.2) is 97.3 Å². The molecule has 0 saturated heterocycles. The number of phosphoric acid groups is 1. The Bertz CT molecular complexity index is 1110. The number of phosphoric ester groups is 1. The van der Waals surface area contributed by atoms with Gasteiger partial charge in [0.1, 0.15) is 19.8 Å². The fourth-order valence-corrected chi connectivity index (χ4v) is 7.42. The van der Waals surface area contributed by atoms with Crippen molar-refractivity contribution in [2.24, 2.45) is 0 Å². The van der Waals surface area contributed by atoms with Gasteiger partial charge in [0, 0.05) is 12.8 Å². The van der Waals surface area contributed by atoms with Crippen LogP contribution < -0.4 is 0 Å². The zero-order valence-electron chi connectivity index (χ0n) is 39.2. The molecule has 12 heteroatoms. The van der Waals surface area contributed by atoms with Crippen LogP contribution in [0.25, 0.3) is 0 Å². The van der Waals surface area contributed by atoms with Crippen LogP contribution in [0.1, 0.15) is 206 Å². The average Bonchev–Trinajstić information content (AvgIpc) is 3.19. The Kier molecular flexibility index (Phi) is 39.1. The number of aliphatic hydroxyl groups excluding tert-OH is 2. The Morgan fingerprint density at radius 2 is 1.02 bits per heavy atom. The van der Waals surface area contributed by atoms with Crippen molar-refractivity contribution in [3.05, 3.63) is 24.3 Å². The highest BCUT2D eigenvalue weighted by atomic mass is 31.2. The van der Waals surface area contributed by atoms with Crippen molar-refractivity contribution < 1.29 is 52.3 Å². The molecular weight excluding hydrogens is 781 g/mol. The maximum absolute atomic E-state index is 12.7. The molecule has 0 aliphatic heterocycles. The maximum Gasteiger partial charge on any atom is 0.472 e. The molecule has 11 nitrogen and oxygen atoms in total. The van der Waals surface area contributed by atoms with Crippen LogP contribution in [0.5, 0.6) is 0 Å². The molecule has 0 aliphatic rings. The zero-order valence-corrected chi connectivity index (χ0v) is 40.1. The number of aliphatic hydroxyl groups is 2. The second-order valence-corrected chi connectivity index (χ2v) is 19.3. The Morgan fingerprint density at radius 3 is 1.57 bits per heavy atom. The zero-order chi connectivity index (χ0) is 44.6. The van der Waals surface area contributed by atoms with Gasteiger partial charge < -0.3 is 29.1 Å². The van der Waals surface area contributed by atoms with Crippen LogP contribution in [0.15, 0.2) is 24.3 Å². The Hall–Kier alpha value is -1.59. The molecule has 354 valence electrons. The number of nitrogens with zero attached hydrogens (tertiary/aromatic N) is 1. The molecule has 0 aromatic rings. The molecule has 60 heavy (non-hydrogen) atoms. The highest BCUT2D eigenvalue weighted by Crippen LogP contribution is 2.43. The number of carbonyl (C=O) groups excluding carboxylic acids is 2. The Labute approximate surface area is 367 Å². The Morgan fingerprint density at radius 1 is 0.567 bits per heavy atom. The lowest BCUT2D eigenvalue weighted by Crippen LogP contribution is -2.37. The number of quaternary nitrogens is 1. The lowest BCUT2D eigenvalue weighted by Gasteiger charge is -2.24. The average molecular weight is 875 g/mol. The predicted octanol–water partition coefficient (Wildman–Crippen LogP) is 11.9. The largest absolute Gasteiger partial charge is 0.472 e. The standard InChI is InChI=1S/C48H92NO10P/c1-6-8-10-12-14-15-16-17-18-19-20-21-22-23-24-25-26-30-34-38-47(52)56-42-44(43-58-60(54,55)57-41-40-49(3,4)5)59-48(53)39-35-31-27-29-33-37-46(51)45(50)36-32-28-13-11-9-7-2/h17-18,28,32,44-46,50-51H,6-16,19-27,29-31,33-43H2,1-5H3/p+1/b18-17-,32-28-/t44-,45+,46+/m1/s1. The summed E-state index contributed by atoms with van der Waals surface area (Å²) in [5.41, 5.74) is 0. The van der Waals surface area contributed by atoms with Crippen molar-refractivity contribution in [3.63, 3.8) is 0 Å². The first-order valence-corrected chi connectivity index (χ1v) is 25.7. The first-order valence-electron chi connectivity index (χ1n) is 24.2. The van der Waals surface area contributed by atoms with E-state index in [4.69, 9.17) is 18.5 Å². The number of esters is 2. The fraction of sp³-hybridized carbons (Fsp3) is 0.875. The van der Waals surface area contributed by atoms with E-state index in [9.17, 15) is 29.3 Å². The molecule has 0 aromatic heterocycles. The molecule has 1 unspecified atom stereocenters. The fourth-order valence-electron chi connectivity index (χ4n) is 6.68. The van der Waals surface area contributed by atoms with Gasteiger partial charge in [-0.25, -0.2) is 4.57 Å². The van der Waals surface area contributed by atoms with E-state index in [1.165, 1.54) is 96.3 Å². The van der Waals surface area contributed by atoms with Gasteiger partial charge in [0.25, 0.3) is 0 Å². The molecule has 0 bridgehead atoms. The quantitative estimate of drug-likeness (QED) is 0.0178. The molecule has 3 N–H and O–H groups in total. The summed E-state index contributed by atoms with van der Waals surface area (Å²) in [4.78, 5) is 35.5. The maximum atomic E-state index is 12.7. The monoisotopic (exact) mass is 875 g/mol. The van der Waals surface area contributed by atoms with Crippen molar-refractivity contribution >= 4 is 19.8 Å². The summed E-state index contributed by atoms with van der Waals surface area (Å²) in [6.07, 6.45) is 36.7. The van der Waals surface area contributed by atoms with E-state index < -0.39 is 44.7 Å². The van der Waals surface area contributed by atoms with Crippen molar-refractivity contribution in [2.75, 3.05) is 47.5 Å². The summed E-state index contributed by atoms with van der Waals surface area (Å²) in [7, 11) is 1.38. The van der Waals surface area contributed by atoms with Gasteiger partial charge in [-0.05, 0) is 64.2 Å². The van der Waals surface area contributed by atoms with Gasteiger partial charge in [-0.1, -0.05) is 154 Å². The van der Waals surface area contributed by atoms with Crippen LogP contribution in [0.3, 0.4) is 0 Å². The summed E-state index contributed by atoms with van der Waals surface area (Å²) in [6, 6.07) is 0. The van der Waals surface area contributed by atoms with Crippen LogP contribution in [-0.2, 0) is 32.7 Å². The molecule has 0 aliphatic carbocycles. The minimum atomic E-state index is -4.42. The van der Waals surface area contributed by atoms with E-state index in [0.717, 1.165) is 57.8 Å². The first kappa shape index (κ1) is 58.4. The highest BCUT2D eigenvalue weighted by Gasteiger charge is 2.27. The van der Waals surface area contributed by atoms with Crippen molar-refractivity contribution in [3.8, 4) is 0 Å². The second kappa shape index (κ2) is 40.2. The normalized spacial score (nSPS) is 14.7. The minimum Gasteiger partial charge on any atom is -0.462 e. The molecule has 4 atom stereocenters. The first-order chi connectivity index (χ1) is 28.8. The van der Waals surface area contributed by atoms with E-state index >= 15 is 0 Å². The summed E-state index contributed by atoms with van der Waals surface area (Å²) < 4.78 is 34.3. The van der Waals surface area contributed by atoms with Crippen LogP contribution in [0.2, 0.25) is 0 Å².